The summed E-state index contributed by atoms with van der Waals surface area (Å²) in [5.41, 5.74) is -0.390. The fraction of sp³-hybridized carbons (Fsp3) is 0.500. The predicted octanol–water partition coefficient (Wildman–Crippen LogP) is 1.93. The van der Waals surface area contributed by atoms with Crippen LogP contribution >= 0.6 is 0 Å². The Morgan fingerprint density at radius 2 is 1.95 bits per heavy atom. The number of hydrogen-bond acceptors (Lipinski definition) is 2. The highest BCUT2D eigenvalue weighted by Crippen LogP contribution is 2.28. The lowest BCUT2D eigenvalue weighted by Crippen LogP contribution is -2.41. The molecule has 1 amide bonds. The number of carbonyl (C=O) groups is 1. The Labute approximate surface area is 110 Å². The van der Waals surface area contributed by atoms with Crippen molar-refractivity contribution in [2.24, 2.45) is 0 Å². The second kappa shape index (κ2) is 5.65. The zero-order valence-electron chi connectivity index (χ0n) is 10.6. The first-order valence-electron chi connectivity index (χ1n) is 6.42. The van der Waals surface area contributed by atoms with Crippen molar-refractivity contribution in [3.05, 3.63) is 35.4 Å². The topological polar surface area (TPSA) is 49.3 Å². The highest BCUT2D eigenvalue weighted by atomic mass is 19.2. The van der Waals surface area contributed by atoms with Gasteiger partial charge in [0.15, 0.2) is 11.6 Å². The summed E-state index contributed by atoms with van der Waals surface area (Å²) in [5.74, 6) is -2.18. The van der Waals surface area contributed by atoms with Crippen LogP contribution in [0.2, 0.25) is 0 Å². The molecule has 0 unspecified atom stereocenters. The van der Waals surface area contributed by atoms with Gasteiger partial charge in [-0.3, -0.25) is 4.79 Å². The molecule has 1 aliphatic rings. The monoisotopic (exact) mass is 269 g/mol. The predicted molar refractivity (Wildman–Crippen MR) is 66.5 cm³/mol. The minimum Gasteiger partial charge on any atom is -0.388 e. The average molecular weight is 269 g/mol. The van der Waals surface area contributed by atoms with Gasteiger partial charge < -0.3 is 10.4 Å². The first-order chi connectivity index (χ1) is 8.98. The number of benzene rings is 1. The van der Waals surface area contributed by atoms with Gasteiger partial charge in [-0.15, -0.1) is 0 Å². The number of hydrogen-bond donors (Lipinski definition) is 2. The van der Waals surface area contributed by atoms with Gasteiger partial charge >= 0.3 is 0 Å². The van der Waals surface area contributed by atoms with Crippen molar-refractivity contribution in [1.82, 2.24) is 5.32 Å². The zero-order valence-corrected chi connectivity index (χ0v) is 10.6. The third-order valence-electron chi connectivity index (χ3n) is 3.50. The van der Waals surface area contributed by atoms with Crippen LogP contribution in [0.15, 0.2) is 18.2 Å². The second-order valence-corrected chi connectivity index (χ2v) is 5.13. The highest BCUT2D eigenvalue weighted by molar-refractivity contribution is 5.78. The lowest BCUT2D eigenvalue weighted by Gasteiger charge is -2.22. The lowest BCUT2D eigenvalue weighted by atomic mass is 10.0. The molecule has 0 spiro atoms. The fourth-order valence-corrected chi connectivity index (χ4v) is 2.37. The summed E-state index contributed by atoms with van der Waals surface area (Å²) in [4.78, 5) is 11.7. The molecular formula is C14H17F2NO2. The van der Waals surface area contributed by atoms with Crippen LogP contribution in [0.25, 0.3) is 0 Å². The molecular weight excluding hydrogens is 252 g/mol. The van der Waals surface area contributed by atoms with E-state index in [2.05, 4.69) is 5.32 Å². The van der Waals surface area contributed by atoms with Crippen molar-refractivity contribution in [2.45, 2.75) is 37.7 Å². The van der Waals surface area contributed by atoms with Gasteiger partial charge in [-0.2, -0.15) is 0 Å². The third kappa shape index (κ3) is 3.73. The maximum absolute atomic E-state index is 13.0. The third-order valence-corrected chi connectivity index (χ3v) is 3.50. The molecule has 0 saturated heterocycles. The summed E-state index contributed by atoms with van der Waals surface area (Å²) >= 11 is 0. The number of aliphatic hydroxyl groups is 1. The van der Waals surface area contributed by atoms with Crippen LogP contribution in [0.1, 0.15) is 31.2 Å². The summed E-state index contributed by atoms with van der Waals surface area (Å²) in [6, 6.07) is 3.39. The van der Waals surface area contributed by atoms with Gasteiger partial charge in [0.2, 0.25) is 5.91 Å². The molecule has 3 nitrogen and oxygen atoms in total. The van der Waals surface area contributed by atoms with Crippen LogP contribution in [0.5, 0.6) is 0 Å². The minimum absolute atomic E-state index is 0.0206. The summed E-state index contributed by atoms with van der Waals surface area (Å²) in [6.45, 7) is 0.218. The zero-order chi connectivity index (χ0) is 13.9. The number of amides is 1. The van der Waals surface area contributed by atoms with Crippen molar-refractivity contribution >= 4 is 5.91 Å². The van der Waals surface area contributed by atoms with E-state index in [4.69, 9.17) is 0 Å². The fourth-order valence-electron chi connectivity index (χ4n) is 2.37. The summed E-state index contributed by atoms with van der Waals surface area (Å²) in [7, 11) is 0. The molecule has 0 heterocycles. The Morgan fingerprint density at radius 1 is 1.26 bits per heavy atom. The van der Waals surface area contributed by atoms with E-state index in [-0.39, 0.29) is 18.9 Å². The molecule has 0 radical (unpaired) electrons. The van der Waals surface area contributed by atoms with Crippen molar-refractivity contribution in [3.8, 4) is 0 Å². The standard InChI is InChI=1S/C14H17F2NO2/c15-11-4-3-10(7-12(11)16)8-13(18)17-9-14(19)5-1-2-6-14/h3-4,7,19H,1-2,5-6,8-9H2,(H,17,18). The molecule has 0 bridgehead atoms. The van der Waals surface area contributed by atoms with Crippen LogP contribution in [0, 0.1) is 11.6 Å². The number of rotatable bonds is 4. The van der Waals surface area contributed by atoms with Gasteiger partial charge in [-0.1, -0.05) is 18.9 Å². The summed E-state index contributed by atoms with van der Waals surface area (Å²) < 4.78 is 25.7. The Kier molecular flexibility index (Phi) is 4.14. The quantitative estimate of drug-likeness (QED) is 0.877. The molecule has 0 aliphatic heterocycles. The first kappa shape index (κ1) is 13.9. The average Bonchev–Trinajstić information content (AvgIpc) is 2.79. The van der Waals surface area contributed by atoms with E-state index in [0.717, 1.165) is 25.0 Å². The molecule has 2 rings (SSSR count). The van der Waals surface area contributed by atoms with Crippen molar-refractivity contribution in [1.29, 1.82) is 0 Å². The molecule has 1 aromatic carbocycles. The normalized spacial score (nSPS) is 17.4. The Hall–Kier alpha value is -1.49. The molecule has 104 valence electrons. The van der Waals surface area contributed by atoms with Crippen molar-refractivity contribution < 1.29 is 18.7 Å². The molecule has 19 heavy (non-hydrogen) atoms. The van der Waals surface area contributed by atoms with Gasteiger partial charge in [-0.25, -0.2) is 8.78 Å². The molecule has 1 aliphatic carbocycles. The van der Waals surface area contributed by atoms with Gasteiger partial charge in [0.1, 0.15) is 0 Å². The molecule has 1 fully saturated rings. The van der Waals surface area contributed by atoms with E-state index in [1.165, 1.54) is 6.07 Å². The molecule has 5 heteroatoms. The largest absolute Gasteiger partial charge is 0.388 e. The summed E-state index contributed by atoms with van der Waals surface area (Å²) in [6.07, 6.45) is 3.30. The SMILES string of the molecule is O=C(Cc1ccc(F)c(F)c1)NCC1(O)CCCC1. The van der Waals surface area contributed by atoms with E-state index in [1.807, 2.05) is 0 Å². The molecule has 0 aromatic heterocycles. The van der Waals surface area contributed by atoms with Crippen LogP contribution in [0.4, 0.5) is 8.78 Å². The van der Waals surface area contributed by atoms with E-state index in [9.17, 15) is 18.7 Å². The van der Waals surface area contributed by atoms with Crippen LogP contribution < -0.4 is 5.32 Å². The van der Waals surface area contributed by atoms with E-state index in [1.54, 1.807) is 0 Å². The lowest BCUT2D eigenvalue weighted by molar-refractivity contribution is -0.121. The molecule has 2 N–H and O–H groups in total. The van der Waals surface area contributed by atoms with Gasteiger partial charge in [-0.05, 0) is 30.5 Å². The number of halogens is 2. The Morgan fingerprint density at radius 3 is 2.58 bits per heavy atom. The minimum atomic E-state index is -0.959. The van der Waals surface area contributed by atoms with Crippen LogP contribution in [-0.2, 0) is 11.2 Å². The smallest absolute Gasteiger partial charge is 0.224 e. The van der Waals surface area contributed by atoms with Gasteiger partial charge in [0.25, 0.3) is 0 Å². The van der Waals surface area contributed by atoms with E-state index < -0.39 is 17.2 Å². The van der Waals surface area contributed by atoms with Crippen molar-refractivity contribution in [3.63, 3.8) is 0 Å². The highest BCUT2D eigenvalue weighted by Gasteiger charge is 2.31. The van der Waals surface area contributed by atoms with Gasteiger partial charge in [0, 0.05) is 6.54 Å². The van der Waals surface area contributed by atoms with Crippen LogP contribution in [0.3, 0.4) is 0 Å². The molecule has 0 atom stereocenters. The molecule has 1 aromatic rings. The molecule has 1 saturated carbocycles. The second-order valence-electron chi connectivity index (χ2n) is 5.13. The number of carbonyl (C=O) groups excluding carboxylic acids is 1. The van der Waals surface area contributed by atoms with Crippen molar-refractivity contribution in [2.75, 3.05) is 6.54 Å². The number of nitrogens with one attached hydrogen (secondary N) is 1. The summed E-state index contributed by atoms with van der Waals surface area (Å²) in [5, 5.41) is 12.7. The maximum Gasteiger partial charge on any atom is 0.224 e. The van der Waals surface area contributed by atoms with E-state index in [0.29, 0.717) is 18.4 Å². The maximum atomic E-state index is 13.0. The Balaban J connectivity index is 1.85. The first-order valence-corrected chi connectivity index (χ1v) is 6.42. The van der Waals surface area contributed by atoms with Crippen LogP contribution in [-0.4, -0.2) is 23.2 Å². The van der Waals surface area contributed by atoms with E-state index >= 15 is 0 Å². The van der Waals surface area contributed by atoms with Gasteiger partial charge in [0.05, 0.1) is 12.0 Å². The Bertz CT molecular complexity index is 471.